The molecule has 0 amide bonds. The number of hydrogen-bond acceptors (Lipinski definition) is 3. The first-order valence-electron chi connectivity index (χ1n) is 3.76. The number of aryl methyl sites for hydroxylation is 1. The third-order valence-corrected chi connectivity index (χ3v) is 1.81. The minimum Gasteiger partial charge on any atom is -0.439 e. The van der Waals surface area contributed by atoms with Crippen molar-refractivity contribution in [1.82, 2.24) is 0 Å². The third kappa shape index (κ3) is 1.04. The molecule has 12 heavy (non-hydrogen) atoms. The Hall–Kier alpha value is -1.48. The number of hydrazine groups is 1. The van der Waals surface area contributed by atoms with Crippen LogP contribution in [0.2, 0.25) is 0 Å². The van der Waals surface area contributed by atoms with Crippen LogP contribution in [-0.4, -0.2) is 0 Å². The van der Waals surface area contributed by atoms with E-state index in [-0.39, 0.29) is 0 Å². The van der Waals surface area contributed by atoms with Crippen LogP contribution in [0.1, 0.15) is 5.56 Å². The normalized spacial score (nSPS) is 10.5. The third-order valence-electron chi connectivity index (χ3n) is 1.81. The lowest BCUT2D eigenvalue weighted by atomic mass is 10.2. The lowest BCUT2D eigenvalue weighted by molar-refractivity contribution is 0.628. The molecule has 0 fully saturated rings. The molecular weight excluding hydrogens is 152 g/mol. The summed E-state index contributed by atoms with van der Waals surface area (Å²) in [5, 5.41) is 1.07. The lowest BCUT2D eigenvalue weighted by Gasteiger charge is -1.89. The van der Waals surface area contributed by atoms with E-state index in [9.17, 15) is 0 Å². The molecule has 2 rings (SSSR count). The number of hydrogen-bond donors (Lipinski definition) is 2. The molecule has 2 aromatic rings. The molecule has 0 spiro atoms. The van der Waals surface area contributed by atoms with E-state index in [1.807, 2.05) is 25.1 Å². The summed E-state index contributed by atoms with van der Waals surface area (Å²) in [7, 11) is 0. The van der Waals surface area contributed by atoms with Gasteiger partial charge in [0.25, 0.3) is 0 Å². The molecule has 3 N–H and O–H groups in total. The molecule has 62 valence electrons. The molecule has 1 heterocycles. The monoisotopic (exact) mass is 162 g/mol. The van der Waals surface area contributed by atoms with E-state index in [0.717, 1.165) is 11.0 Å². The highest BCUT2D eigenvalue weighted by molar-refractivity contribution is 5.81. The van der Waals surface area contributed by atoms with Gasteiger partial charge in [0.2, 0.25) is 5.88 Å². The second kappa shape index (κ2) is 2.53. The first kappa shape index (κ1) is 7.18. The van der Waals surface area contributed by atoms with Gasteiger partial charge in [0.05, 0.1) is 0 Å². The predicted octanol–water partition coefficient (Wildman–Crippen LogP) is 2.03. The smallest absolute Gasteiger partial charge is 0.208 e. The number of furan rings is 1. The van der Waals surface area contributed by atoms with Gasteiger partial charge in [-0.2, -0.15) is 0 Å². The van der Waals surface area contributed by atoms with Gasteiger partial charge in [0.15, 0.2) is 0 Å². The Labute approximate surface area is 70.1 Å². The maximum Gasteiger partial charge on any atom is 0.208 e. The summed E-state index contributed by atoms with van der Waals surface area (Å²) in [5.74, 6) is 5.80. The summed E-state index contributed by atoms with van der Waals surface area (Å²) in [4.78, 5) is 0. The van der Waals surface area contributed by atoms with Crippen molar-refractivity contribution in [3.8, 4) is 0 Å². The highest BCUT2D eigenvalue weighted by Gasteiger charge is 2.00. The van der Waals surface area contributed by atoms with Crippen molar-refractivity contribution in [3.63, 3.8) is 0 Å². The van der Waals surface area contributed by atoms with Crippen LogP contribution in [0.4, 0.5) is 5.88 Å². The Morgan fingerprint density at radius 2 is 2.17 bits per heavy atom. The number of benzene rings is 1. The van der Waals surface area contributed by atoms with Crippen molar-refractivity contribution in [1.29, 1.82) is 0 Å². The van der Waals surface area contributed by atoms with Crippen LogP contribution in [0.25, 0.3) is 11.0 Å². The molecule has 0 saturated carbocycles. The molecule has 0 unspecified atom stereocenters. The second-order valence-electron chi connectivity index (χ2n) is 2.80. The lowest BCUT2D eigenvalue weighted by Crippen LogP contribution is -2.04. The number of anilines is 1. The number of nitrogens with one attached hydrogen (secondary N) is 1. The molecule has 0 radical (unpaired) electrons. The minimum atomic E-state index is 0.593. The summed E-state index contributed by atoms with van der Waals surface area (Å²) in [6, 6.07) is 7.87. The standard InChI is InChI=1S/C9H10N2O/c1-6-2-3-8-7(4-6)5-9(11-10)12-8/h2-5,11H,10H2,1H3. The van der Waals surface area contributed by atoms with Crippen LogP contribution in [0.3, 0.4) is 0 Å². The van der Waals surface area contributed by atoms with Crippen LogP contribution < -0.4 is 11.3 Å². The van der Waals surface area contributed by atoms with E-state index in [0.29, 0.717) is 5.88 Å². The fourth-order valence-electron chi connectivity index (χ4n) is 1.23. The van der Waals surface area contributed by atoms with Crippen molar-refractivity contribution < 1.29 is 4.42 Å². The zero-order valence-corrected chi connectivity index (χ0v) is 6.79. The Balaban J connectivity index is 2.67. The topological polar surface area (TPSA) is 51.2 Å². The maximum absolute atomic E-state index is 5.34. The van der Waals surface area contributed by atoms with Crippen molar-refractivity contribution in [3.05, 3.63) is 29.8 Å². The van der Waals surface area contributed by atoms with Crippen molar-refractivity contribution in [2.24, 2.45) is 5.84 Å². The van der Waals surface area contributed by atoms with Gasteiger partial charge in [0.1, 0.15) is 5.58 Å². The zero-order chi connectivity index (χ0) is 8.55. The average Bonchev–Trinajstić information content (AvgIpc) is 2.46. The molecule has 0 bridgehead atoms. The Morgan fingerprint density at radius 1 is 1.33 bits per heavy atom. The van der Waals surface area contributed by atoms with Gasteiger partial charge in [0, 0.05) is 11.5 Å². The van der Waals surface area contributed by atoms with Crippen molar-refractivity contribution in [2.75, 3.05) is 5.43 Å². The molecule has 0 atom stereocenters. The molecule has 1 aromatic carbocycles. The van der Waals surface area contributed by atoms with Crippen LogP contribution in [0.15, 0.2) is 28.7 Å². The summed E-state index contributed by atoms with van der Waals surface area (Å²) in [5.41, 5.74) is 4.54. The van der Waals surface area contributed by atoms with E-state index < -0.39 is 0 Å². The summed E-state index contributed by atoms with van der Waals surface area (Å²) >= 11 is 0. The number of fused-ring (bicyclic) bond motifs is 1. The first-order chi connectivity index (χ1) is 5.79. The summed E-state index contributed by atoms with van der Waals surface area (Å²) in [6.07, 6.45) is 0. The number of nitrogen functional groups attached to an aromatic ring is 1. The molecular formula is C9H10N2O. The molecule has 0 aliphatic carbocycles. The van der Waals surface area contributed by atoms with Gasteiger partial charge in [-0.25, -0.2) is 5.84 Å². The molecule has 0 saturated heterocycles. The SMILES string of the molecule is Cc1ccc2oc(NN)cc2c1. The number of nitrogens with two attached hydrogens (primary N) is 1. The van der Waals surface area contributed by atoms with E-state index in [1.54, 1.807) is 0 Å². The summed E-state index contributed by atoms with van der Waals surface area (Å²) < 4.78 is 5.34. The van der Waals surface area contributed by atoms with E-state index in [2.05, 4.69) is 11.5 Å². The largest absolute Gasteiger partial charge is 0.439 e. The van der Waals surface area contributed by atoms with Crippen LogP contribution in [-0.2, 0) is 0 Å². The fourth-order valence-corrected chi connectivity index (χ4v) is 1.23. The van der Waals surface area contributed by atoms with Gasteiger partial charge in [-0.3, -0.25) is 5.43 Å². The molecule has 0 aliphatic heterocycles. The van der Waals surface area contributed by atoms with Gasteiger partial charge >= 0.3 is 0 Å². The van der Waals surface area contributed by atoms with Gasteiger partial charge in [-0.15, -0.1) is 0 Å². The molecule has 0 aliphatic rings. The van der Waals surface area contributed by atoms with Gasteiger partial charge < -0.3 is 4.42 Å². The Bertz CT molecular complexity index is 406. The maximum atomic E-state index is 5.34. The predicted molar refractivity (Wildman–Crippen MR) is 48.8 cm³/mol. The Morgan fingerprint density at radius 3 is 2.92 bits per heavy atom. The van der Waals surface area contributed by atoms with Gasteiger partial charge in [-0.1, -0.05) is 11.6 Å². The average molecular weight is 162 g/mol. The van der Waals surface area contributed by atoms with Crippen LogP contribution >= 0.6 is 0 Å². The van der Waals surface area contributed by atoms with E-state index >= 15 is 0 Å². The second-order valence-corrected chi connectivity index (χ2v) is 2.80. The zero-order valence-electron chi connectivity index (χ0n) is 6.79. The van der Waals surface area contributed by atoms with Crippen LogP contribution in [0, 0.1) is 6.92 Å². The minimum absolute atomic E-state index is 0.593. The van der Waals surface area contributed by atoms with E-state index in [1.165, 1.54) is 5.56 Å². The Kier molecular flexibility index (Phi) is 1.52. The molecule has 3 nitrogen and oxygen atoms in total. The highest BCUT2D eigenvalue weighted by Crippen LogP contribution is 2.22. The van der Waals surface area contributed by atoms with Crippen molar-refractivity contribution in [2.45, 2.75) is 6.92 Å². The quantitative estimate of drug-likeness (QED) is 0.498. The molecule has 3 heteroatoms. The van der Waals surface area contributed by atoms with E-state index in [4.69, 9.17) is 10.3 Å². The summed E-state index contributed by atoms with van der Waals surface area (Å²) in [6.45, 7) is 2.04. The van der Waals surface area contributed by atoms with Crippen LogP contribution in [0.5, 0.6) is 0 Å². The highest BCUT2D eigenvalue weighted by atomic mass is 16.4. The fraction of sp³-hybridized carbons (Fsp3) is 0.111. The van der Waals surface area contributed by atoms with Crippen molar-refractivity contribution >= 4 is 16.9 Å². The number of rotatable bonds is 1. The molecule has 1 aromatic heterocycles. The first-order valence-corrected chi connectivity index (χ1v) is 3.76. The van der Waals surface area contributed by atoms with Gasteiger partial charge in [-0.05, 0) is 19.1 Å².